The van der Waals surface area contributed by atoms with Gasteiger partial charge in [-0.3, -0.25) is 4.79 Å². The lowest BCUT2D eigenvalue weighted by molar-refractivity contribution is 0.112. The smallest absolute Gasteiger partial charge is 0.150 e. The van der Waals surface area contributed by atoms with Gasteiger partial charge in [0.25, 0.3) is 0 Å². The Hall–Kier alpha value is -1.68. The Kier molecular flexibility index (Phi) is 4.10. The van der Waals surface area contributed by atoms with Gasteiger partial charge in [-0.05, 0) is 30.3 Å². The average Bonchev–Trinajstić information content (AvgIpc) is 2.40. The van der Waals surface area contributed by atoms with Crippen LogP contribution in [0.25, 0.3) is 0 Å². The fourth-order valence-electron chi connectivity index (χ4n) is 1.49. The van der Waals surface area contributed by atoms with Crippen LogP contribution in [-0.4, -0.2) is 6.29 Å². The standard InChI is InChI=1S/C14H10BrFO2/c15-14-5-4-12(16)7-11(14)9-18-13-3-1-2-10(6-13)8-17/h1-8H,9H2. The van der Waals surface area contributed by atoms with Gasteiger partial charge in [-0.15, -0.1) is 0 Å². The van der Waals surface area contributed by atoms with Crippen LogP contribution in [0, 0.1) is 5.82 Å². The number of rotatable bonds is 4. The summed E-state index contributed by atoms with van der Waals surface area (Å²) in [5.41, 5.74) is 1.26. The highest BCUT2D eigenvalue weighted by atomic mass is 79.9. The van der Waals surface area contributed by atoms with Crippen LogP contribution >= 0.6 is 15.9 Å². The molecular formula is C14H10BrFO2. The molecule has 0 aliphatic heterocycles. The van der Waals surface area contributed by atoms with E-state index in [1.807, 2.05) is 0 Å². The molecule has 0 spiro atoms. The summed E-state index contributed by atoms with van der Waals surface area (Å²) in [6, 6.07) is 11.2. The fraction of sp³-hybridized carbons (Fsp3) is 0.0714. The molecule has 0 aliphatic rings. The predicted molar refractivity (Wildman–Crippen MR) is 70.3 cm³/mol. The Morgan fingerprint density at radius 1 is 1.22 bits per heavy atom. The fourth-order valence-corrected chi connectivity index (χ4v) is 1.85. The number of carbonyl (C=O) groups excluding carboxylic acids is 1. The van der Waals surface area contributed by atoms with Crippen LogP contribution in [0.3, 0.4) is 0 Å². The summed E-state index contributed by atoms with van der Waals surface area (Å²) in [7, 11) is 0. The topological polar surface area (TPSA) is 26.3 Å². The molecule has 18 heavy (non-hydrogen) atoms. The Balaban J connectivity index is 2.11. The van der Waals surface area contributed by atoms with Gasteiger partial charge in [0, 0.05) is 15.6 Å². The molecule has 0 bridgehead atoms. The first-order valence-electron chi connectivity index (χ1n) is 5.31. The molecule has 0 saturated heterocycles. The summed E-state index contributed by atoms with van der Waals surface area (Å²) < 4.78 is 19.4. The van der Waals surface area contributed by atoms with E-state index in [-0.39, 0.29) is 12.4 Å². The van der Waals surface area contributed by atoms with E-state index < -0.39 is 0 Å². The van der Waals surface area contributed by atoms with Gasteiger partial charge in [-0.1, -0.05) is 28.1 Å². The van der Waals surface area contributed by atoms with Crippen molar-refractivity contribution in [2.45, 2.75) is 6.61 Å². The number of aldehydes is 1. The van der Waals surface area contributed by atoms with Crippen molar-refractivity contribution in [2.75, 3.05) is 0 Å². The van der Waals surface area contributed by atoms with Gasteiger partial charge < -0.3 is 4.74 Å². The van der Waals surface area contributed by atoms with Crippen LogP contribution < -0.4 is 4.74 Å². The van der Waals surface area contributed by atoms with E-state index in [9.17, 15) is 9.18 Å². The first-order valence-corrected chi connectivity index (χ1v) is 6.10. The lowest BCUT2D eigenvalue weighted by Crippen LogP contribution is -1.97. The Labute approximate surface area is 113 Å². The van der Waals surface area contributed by atoms with Gasteiger partial charge in [0.2, 0.25) is 0 Å². The van der Waals surface area contributed by atoms with E-state index in [2.05, 4.69) is 15.9 Å². The van der Waals surface area contributed by atoms with Gasteiger partial charge in [0.1, 0.15) is 24.5 Å². The van der Waals surface area contributed by atoms with Gasteiger partial charge in [0.15, 0.2) is 0 Å². The molecule has 2 rings (SSSR count). The lowest BCUT2D eigenvalue weighted by Gasteiger charge is -2.08. The quantitative estimate of drug-likeness (QED) is 0.799. The molecule has 0 fully saturated rings. The van der Waals surface area contributed by atoms with Crippen LogP contribution in [0.15, 0.2) is 46.9 Å². The summed E-state index contributed by atoms with van der Waals surface area (Å²) in [5.74, 6) is 0.272. The van der Waals surface area contributed by atoms with Gasteiger partial charge in [0.05, 0.1) is 0 Å². The average molecular weight is 309 g/mol. The van der Waals surface area contributed by atoms with Crippen LogP contribution in [0.2, 0.25) is 0 Å². The SMILES string of the molecule is O=Cc1cccc(OCc2cc(F)ccc2Br)c1. The highest BCUT2D eigenvalue weighted by Gasteiger charge is 2.03. The Bertz CT molecular complexity index is 569. The van der Waals surface area contributed by atoms with Crippen molar-refractivity contribution in [1.82, 2.24) is 0 Å². The van der Waals surface area contributed by atoms with E-state index in [0.29, 0.717) is 16.9 Å². The molecule has 0 amide bonds. The zero-order chi connectivity index (χ0) is 13.0. The Morgan fingerprint density at radius 3 is 2.83 bits per heavy atom. The van der Waals surface area contributed by atoms with E-state index in [1.54, 1.807) is 30.3 Å². The second-order valence-corrected chi connectivity index (χ2v) is 4.57. The monoisotopic (exact) mass is 308 g/mol. The van der Waals surface area contributed by atoms with Gasteiger partial charge in [-0.25, -0.2) is 4.39 Å². The molecule has 2 nitrogen and oxygen atoms in total. The molecule has 0 N–H and O–H groups in total. The molecule has 0 heterocycles. The zero-order valence-electron chi connectivity index (χ0n) is 9.40. The zero-order valence-corrected chi connectivity index (χ0v) is 11.0. The van der Waals surface area contributed by atoms with Crippen molar-refractivity contribution in [2.24, 2.45) is 0 Å². The molecule has 2 aromatic rings. The second kappa shape index (κ2) is 5.78. The van der Waals surface area contributed by atoms with Crippen molar-refractivity contribution in [1.29, 1.82) is 0 Å². The first-order chi connectivity index (χ1) is 8.69. The molecule has 0 saturated carbocycles. The number of hydrogen-bond donors (Lipinski definition) is 0. The second-order valence-electron chi connectivity index (χ2n) is 3.71. The van der Waals surface area contributed by atoms with Crippen LogP contribution in [0.4, 0.5) is 4.39 Å². The third-order valence-electron chi connectivity index (χ3n) is 2.40. The van der Waals surface area contributed by atoms with Crippen molar-refractivity contribution < 1.29 is 13.9 Å². The maximum Gasteiger partial charge on any atom is 0.150 e. The number of benzene rings is 2. The van der Waals surface area contributed by atoms with Gasteiger partial charge >= 0.3 is 0 Å². The van der Waals surface area contributed by atoms with Crippen molar-refractivity contribution >= 4 is 22.2 Å². The van der Waals surface area contributed by atoms with E-state index in [4.69, 9.17) is 4.74 Å². The summed E-state index contributed by atoms with van der Waals surface area (Å²) in [6.07, 6.45) is 0.755. The molecule has 4 heteroatoms. The molecule has 0 atom stereocenters. The highest BCUT2D eigenvalue weighted by Crippen LogP contribution is 2.20. The summed E-state index contributed by atoms with van der Waals surface area (Å²) >= 11 is 3.33. The van der Waals surface area contributed by atoms with Crippen LogP contribution in [0.5, 0.6) is 5.75 Å². The summed E-state index contributed by atoms with van der Waals surface area (Å²) in [5, 5.41) is 0. The van der Waals surface area contributed by atoms with E-state index in [1.165, 1.54) is 12.1 Å². The van der Waals surface area contributed by atoms with E-state index >= 15 is 0 Å². The minimum atomic E-state index is -0.307. The molecule has 0 aliphatic carbocycles. The van der Waals surface area contributed by atoms with E-state index in [0.717, 1.165) is 10.8 Å². The molecule has 92 valence electrons. The first kappa shape index (κ1) is 12.8. The molecule has 0 unspecified atom stereocenters. The lowest BCUT2D eigenvalue weighted by atomic mass is 10.2. The Morgan fingerprint density at radius 2 is 2.06 bits per heavy atom. The van der Waals surface area contributed by atoms with Crippen molar-refractivity contribution in [3.8, 4) is 5.75 Å². The highest BCUT2D eigenvalue weighted by molar-refractivity contribution is 9.10. The van der Waals surface area contributed by atoms with Crippen molar-refractivity contribution in [3.63, 3.8) is 0 Å². The number of ether oxygens (including phenoxy) is 1. The molecule has 0 aromatic heterocycles. The minimum absolute atomic E-state index is 0.237. The predicted octanol–water partition coefficient (Wildman–Crippen LogP) is 3.98. The van der Waals surface area contributed by atoms with Crippen LogP contribution in [0.1, 0.15) is 15.9 Å². The maximum atomic E-state index is 13.1. The van der Waals surface area contributed by atoms with Crippen molar-refractivity contribution in [3.05, 3.63) is 63.9 Å². The number of hydrogen-bond acceptors (Lipinski definition) is 2. The third-order valence-corrected chi connectivity index (χ3v) is 3.17. The van der Waals surface area contributed by atoms with Crippen LogP contribution in [-0.2, 0) is 6.61 Å². The number of carbonyl (C=O) groups is 1. The molecular weight excluding hydrogens is 299 g/mol. The molecule has 0 radical (unpaired) electrons. The molecule has 2 aromatic carbocycles. The largest absolute Gasteiger partial charge is 0.489 e. The van der Waals surface area contributed by atoms with Gasteiger partial charge in [-0.2, -0.15) is 0 Å². The minimum Gasteiger partial charge on any atom is -0.489 e. The normalized spacial score (nSPS) is 10.1. The maximum absolute atomic E-state index is 13.1. The summed E-state index contributed by atoms with van der Waals surface area (Å²) in [6.45, 7) is 0.237. The third kappa shape index (κ3) is 3.17. The summed E-state index contributed by atoms with van der Waals surface area (Å²) in [4.78, 5) is 10.6. The number of halogens is 2.